The molecule has 1 aliphatic rings. The van der Waals surface area contributed by atoms with E-state index >= 15 is 0 Å². The van der Waals surface area contributed by atoms with E-state index < -0.39 is 50.5 Å². The summed E-state index contributed by atoms with van der Waals surface area (Å²) in [7, 11) is -3.35. The van der Waals surface area contributed by atoms with Gasteiger partial charge in [-0.1, -0.05) is 0 Å². The Balaban J connectivity index is 1.83. The molecule has 0 spiro atoms. The van der Waals surface area contributed by atoms with E-state index in [1.165, 1.54) is 23.4 Å². The van der Waals surface area contributed by atoms with Crippen molar-refractivity contribution in [3.8, 4) is 5.95 Å². The molecular weight excluding hydrogens is 488 g/mol. The molecule has 0 saturated heterocycles. The van der Waals surface area contributed by atoms with Crippen molar-refractivity contribution in [3.05, 3.63) is 64.8 Å². The number of halogens is 6. The van der Waals surface area contributed by atoms with Crippen LogP contribution in [0.4, 0.5) is 32.0 Å². The molecule has 0 bridgehead atoms. The van der Waals surface area contributed by atoms with Gasteiger partial charge in [-0.25, -0.2) is 19.2 Å². The van der Waals surface area contributed by atoms with Crippen molar-refractivity contribution in [3.63, 3.8) is 0 Å². The van der Waals surface area contributed by atoms with Gasteiger partial charge in [-0.15, -0.1) is 0 Å². The summed E-state index contributed by atoms with van der Waals surface area (Å²) in [5.41, 5.74) is -4.69. The standard InChI is InChI=1S/C19H15F6N7OS/c1-10(16-28-9-29-32(16)17-26-4-3-5-27-17)30-14-8-34(2,33)31-15-12(14)6-11(18(20,21)22)7-13(15)19(23,24)25/h3-10,30H,1-2H3. The van der Waals surface area contributed by atoms with Gasteiger partial charge in [-0.2, -0.15) is 40.5 Å². The van der Waals surface area contributed by atoms with Gasteiger partial charge in [0.25, 0.3) is 5.95 Å². The minimum atomic E-state index is -5.16. The smallest absolute Gasteiger partial charge is 0.374 e. The van der Waals surface area contributed by atoms with Crippen LogP contribution in [0.15, 0.2) is 46.7 Å². The Morgan fingerprint density at radius 2 is 1.71 bits per heavy atom. The molecule has 2 aromatic heterocycles. The van der Waals surface area contributed by atoms with Gasteiger partial charge in [0.15, 0.2) is 5.82 Å². The van der Waals surface area contributed by atoms with E-state index in [1.54, 1.807) is 13.0 Å². The van der Waals surface area contributed by atoms with Gasteiger partial charge in [-0.3, -0.25) is 0 Å². The summed E-state index contributed by atoms with van der Waals surface area (Å²) in [6.07, 6.45) is -5.03. The molecule has 8 nitrogen and oxygen atoms in total. The number of hydrogen-bond donors (Lipinski definition) is 1. The third-order valence-electron chi connectivity index (χ3n) is 4.72. The summed E-state index contributed by atoms with van der Waals surface area (Å²) in [5.74, 6) is 0.358. The van der Waals surface area contributed by atoms with E-state index in [-0.39, 0.29) is 23.5 Å². The third kappa shape index (κ3) is 4.60. The van der Waals surface area contributed by atoms with Crippen LogP contribution in [-0.4, -0.2) is 35.2 Å². The fourth-order valence-corrected chi connectivity index (χ4v) is 4.56. The molecule has 0 fully saturated rings. The highest BCUT2D eigenvalue weighted by molar-refractivity contribution is 7.96. The Morgan fingerprint density at radius 3 is 2.32 bits per heavy atom. The molecule has 180 valence electrons. The molecule has 1 aromatic carbocycles. The normalized spacial score (nSPS) is 19.1. The maximum atomic E-state index is 13.7. The van der Waals surface area contributed by atoms with Crippen molar-refractivity contribution < 1.29 is 30.6 Å². The van der Waals surface area contributed by atoms with E-state index in [2.05, 4.69) is 29.7 Å². The van der Waals surface area contributed by atoms with Crippen LogP contribution in [0.2, 0.25) is 0 Å². The molecule has 1 aliphatic heterocycles. The van der Waals surface area contributed by atoms with Crippen molar-refractivity contribution in [2.24, 2.45) is 4.36 Å². The molecule has 34 heavy (non-hydrogen) atoms. The van der Waals surface area contributed by atoms with Crippen molar-refractivity contribution >= 4 is 21.1 Å². The van der Waals surface area contributed by atoms with Gasteiger partial charge in [0, 0.05) is 29.6 Å². The summed E-state index contributed by atoms with van der Waals surface area (Å²) in [6.45, 7) is 1.55. The van der Waals surface area contributed by atoms with E-state index in [1.807, 2.05) is 0 Å². The first kappa shape index (κ1) is 23.7. The van der Waals surface area contributed by atoms with Crippen LogP contribution < -0.4 is 5.32 Å². The molecule has 2 atom stereocenters. The number of nitrogens with one attached hydrogen (secondary N) is 1. The molecule has 0 radical (unpaired) electrons. The van der Waals surface area contributed by atoms with Crippen molar-refractivity contribution in [1.29, 1.82) is 0 Å². The molecular formula is C19H15F6N7OS. The fraction of sp³-hybridized carbons (Fsp3) is 0.263. The first-order valence-corrected chi connectivity index (χ1v) is 11.5. The Morgan fingerprint density at radius 1 is 1.03 bits per heavy atom. The summed E-state index contributed by atoms with van der Waals surface area (Å²) < 4.78 is 98.8. The van der Waals surface area contributed by atoms with Crippen molar-refractivity contribution in [2.45, 2.75) is 25.3 Å². The van der Waals surface area contributed by atoms with E-state index in [0.29, 0.717) is 6.07 Å². The highest BCUT2D eigenvalue weighted by Crippen LogP contribution is 2.46. The van der Waals surface area contributed by atoms with Gasteiger partial charge < -0.3 is 5.32 Å². The topological polar surface area (TPSA) is 98.0 Å². The minimum absolute atomic E-state index is 0.0341. The Hall–Kier alpha value is -3.49. The predicted molar refractivity (Wildman–Crippen MR) is 109 cm³/mol. The average Bonchev–Trinajstić information content (AvgIpc) is 3.21. The molecule has 0 saturated carbocycles. The molecule has 0 amide bonds. The van der Waals surface area contributed by atoms with Crippen LogP contribution >= 0.6 is 0 Å². The van der Waals surface area contributed by atoms with Crippen LogP contribution in [0.1, 0.15) is 35.5 Å². The van der Waals surface area contributed by atoms with Gasteiger partial charge in [0.1, 0.15) is 6.33 Å². The number of rotatable bonds is 4. The quantitative estimate of drug-likeness (QED) is 0.527. The number of alkyl halides is 6. The SMILES string of the molecule is CC(NC1=CS(C)(=O)=Nc2c1cc(C(F)(F)F)cc2C(F)(F)F)c1ncnn1-c1ncccn1. The Bertz CT molecular complexity index is 1390. The zero-order valence-corrected chi connectivity index (χ0v) is 18.2. The van der Waals surface area contributed by atoms with Crippen LogP contribution in [0.5, 0.6) is 0 Å². The number of benzene rings is 1. The second-order valence-electron chi connectivity index (χ2n) is 7.34. The van der Waals surface area contributed by atoms with E-state index in [0.717, 1.165) is 11.7 Å². The van der Waals surface area contributed by atoms with E-state index in [9.17, 15) is 30.6 Å². The van der Waals surface area contributed by atoms with Crippen LogP contribution in [0.25, 0.3) is 11.6 Å². The molecule has 1 N–H and O–H groups in total. The predicted octanol–water partition coefficient (Wildman–Crippen LogP) is 4.49. The zero-order chi connectivity index (χ0) is 24.9. The first-order chi connectivity index (χ1) is 15.8. The molecule has 2 unspecified atom stereocenters. The molecule has 3 aromatic rings. The highest BCUT2D eigenvalue weighted by Gasteiger charge is 2.41. The zero-order valence-electron chi connectivity index (χ0n) is 17.4. The average molecular weight is 503 g/mol. The Labute approximate surface area is 188 Å². The number of nitrogens with zero attached hydrogens (tertiary/aromatic N) is 6. The van der Waals surface area contributed by atoms with Gasteiger partial charge in [0.05, 0.1) is 38.3 Å². The van der Waals surface area contributed by atoms with Crippen molar-refractivity contribution in [2.75, 3.05) is 6.26 Å². The first-order valence-electron chi connectivity index (χ1n) is 9.47. The lowest BCUT2D eigenvalue weighted by Gasteiger charge is -2.25. The van der Waals surface area contributed by atoms with Gasteiger partial charge in [-0.05, 0) is 25.1 Å². The third-order valence-corrected chi connectivity index (χ3v) is 5.94. The van der Waals surface area contributed by atoms with E-state index in [4.69, 9.17) is 0 Å². The maximum Gasteiger partial charge on any atom is 0.418 e. The highest BCUT2D eigenvalue weighted by atomic mass is 32.2. The lowest BCUT2D eigenvalue weighted by molar-refractivity contribution is -0.142. The van der Waals surface area contributed by atoms with Gasteiger partial charge in [0.2, 0.25) is 0 Å². The molecule has 0 aliphatic carbocycles. The van der Waals surface area contributed by atoms with Crippen LogP contribution in [0.3, 0.4) is 0 Å². The molecule has 3 heterocycles. The van der Waals surface area contributed by atoms with Crippen LogP contribution in [0, 0.1) is 0 Å². The van der Waals surface area contributed by atoms with Gasteiger partial charge >= 0.3 is 12.4 Å². The monoisotopic (exact) mass is 503 g/mol. The second kappa shape index (κ2) is 8.07. The second-order valence-corrected chi connectivity index (χ2v) is 9.48. The summed E-state index contributed by atoms with van der Waals surface area (Å²) in [4.78, 5) is 12.2. The number of fused-ring (bicyclic) bond motifs is 1. The number of aromatic nitrogens is 5. The Kier molecular flexibility index (Phi) is 5.62. The van der Waals surface area contributed by atoms with Crippen molar-refractivity contribution in [1.82, 2.24) is 30.0 Å². The minimum Gasteiger partial charge on any atom is -0.374 e. The summed E-state index contributed by atoms with van der Waals surface area (Å²) in [5, 5.41) is 7.83. The number of hydrogen-bond acceptors (Lipinski definition) is 7. The summed E-state index contributed by atoms with van der Waals surface area (Å²) >= 11 is 0. The largest absolute Gasteiger partial charge is 0.418 e. The lowest BCUT2D eigenvalue weighted by atomic mass is 9.99. The lowest BCUT2D eigenvalue weighted by Crippen LogP contribution is -2.24. The van der Waals surface area contributed by atoms with Crippen LogP contribution in [-0.2, 0) is 22.1 Å². The molecule has 4 rings (SSSR count). The molecule has 15 heteroatoms. The fourth-order valence-electron chi connectivity index (χ4n) is 3.32. The summed E-state index contributed by atoms with van der Waals surface area (Å²) in [6, 6.07) is 1.26. The maximum absolute atomic E-state index is 13.7.